The Morgan fingerprint density at radius 3 is 2.08 bits per heavy atom. The van der Waals surface area contributed by atoms with Gasteiger partial charge in [0.1, 0.15) is 5.75 Å². The van der Waals surface area contributed by atoms with Gasteiger partial charge in [0.25, 0.3) is 0 Å². The van der Waals surface area contributed by atoms with E-state index >= 15 is 0 Å². The highest BCUT2D eigenvalue weighted by atomic mass is 79.9. The monoisotopic (exact) mass is 387 g/mol. The second-order valence-electron chi connectivity index (χ2n) is 6.93. The molecule has 2 rings (SSSR count). The van der Waals surface area contributed by atoms with Crippen molar-refractivity contribution < 1.29 is 5.11 Å². The molecule has 24 heavy (non-hydrogen) atoms. The van der Waals surface area contributed by atoms with Crippen LogP contribution in [0.2, 0.25) is 0 Å². The van der Waals surface area contributed by atoms with Crippen molar-refractivity contribution in [3.8, 4) is 5.75 Å². The van der Waals surface area contributed by atoms with E-state index in [-0.39, 0.29) is 5.75 Å². The summed E-state index contributed by atoms with van der Waals surface area (Å²) in [7, 11) is 0. The van der Waals surface area contributed by atoms with Crippen LogP contribution in [0.15, 0.2) is 39.8 Å². The van der Waals surface area contributed by atoms with E-state index in [2.05, 4.69) is 61.8 Å². The van der Waals surface area contributed by atoms with Gasteiger partial charge in [-0.25, -0.2) is 0 Å². The molecule has 0 spiro atoms. The summed E-state index contributed by atoms with van der Waals surface area (Å²) < 4.78 is 0.702. The fraction of sp³-hybridized carbons (Fsp3) is 0.381. The number of nitrogens with zero attached hydrogens (tertiary/aromatic N) is 1. The van der Waals surface area contributed by atoms with Crippen molar-refractivity contribution in [2.45, 2.75) is 53.4 Å². The molecule has 0 aliphatic heterocycles. The Kier molecular flexibility index (Phi) is 5.87. The summed E-state index contributed by atoms with van der Waals surface area (Å²) in [6.07, 6.45) is 0. The first-order valence-corrected chi connectivity index (χ1v) is 9.19. The van der Waals surface area contributed by atoms with E-state index in [1.807, 2.05) is 26.0 Å². The molecule has 0 amide bonds. The lowest BCUT2D eigenvalue weighted by atomic mass is 9.92. The maximum Gasteiger partial charge on any atom is 0.138 e. The third kappa shape index (κ3) is 3.89. The van der Waals surface area contributed by atoms with E-state index in [1.165, 1.54) is 11.1 Å². The van der Waals surface area contributed by atoms with Crippen molar-refractivity contribution in [3.05, 3.63) is 57.1 Å². The van der Waals surface area contributed by atoms with E-state index in [9.17, 15) is 5.11 Å². The van der Waals surface area contributed by atoms with Crippen LogP contribution < -0.4 is 0 Å². The molecule has 2 aromatic rings. The van der Waals surface area contributed by atoms with E-state index in [4.69, 9.17) is 4.99 Å². The van der Waals surface area contributed by atoms with Gasteiger partial charge >= 0.3 is 0 Å². The fourth-order valence-corrected chi connectivity index (χ4v) is 3.45. The summed E-state index contributed by atoms with van der Waals surface area (Å²) in [5.74, 6) is 1.04. The molecule has 0 radical (unpaired) electrons. The molecule has 0 atom stereocenters. The molecular weight excluding hydrogens is 362 g/mol. The van der Waals surface area contributed by atoms with Gasteiger partial charge in [-0.3, -0.25) is 4.99 Å². The van der Waals surface area contributed by atoms with Gasteiger partial charge < -0.3 is 5.11 Å². The van der Waals surface area contributed by atoms with Gasteiger partial charge in [0.05, 0.1) is 10.2 Å². The molecule has 0 heterocycles. The average Bonchev–Trinajstić information content (AvgIpc) is 2.50. The zero-order valence-electron chi connectivity index (χ0n) is 15.3. The van der Waals surface area contributed by atoms with Gasteiger partial charge in [-0.15, -0.1) is 0 Å². The number of rotatable bonds is 4. The minimum atomic E-state index is 0.245. The number of hydrogen-bond acceptors (Lipinski definition) is 2. The topological polar surface area (TPSA) is 32.6 Å². The summed E-state index contributed by atoms with van der Waals surface area (Å²) in [4.78, 5) is 4.95. The molecule has 0 unspecified atom stereocenters. The van der Waals surface area contributed by atoms with Crippen LogP contribution in [0.5, 0.6) is 5.75 Å². The van der Waals surface area contributed by atoms with Crippen molar-refractivity contribution in [2.24, 2.45) is 4.99 Å². The fourth-order valence-electron chi connectivity index (χ4n) is 2.88. The molecule has 1 N–H and O–H groups in total. The standard InChI is InChI=1S/C21H26BrNO/c1-12(2)16-8-7-9-17(13(3)4)20(16)23-15(6)18-10-14(5)11-19(22)21(18)24/h7-13,24H,1-6H3/b23-15+. The Hall–Kier alpha value is -1.61. The van der Waals surface area contributed by atoms with Crippen molar-refractivity contribution in [1.29, 1.82) is 0 Å². The van der Waals surface area contributed by atoms with Gasteiger partial charge in [0.15, 0.2) is 0 Å². The number of phenolic OH excluding ortho intramolecular Hbond substituents is 1. The predicted octanol–water partition coefficient (Wildman–Crippen LogP) is 6.85. The highest BCUT2D eigenvalue weighted by molar-refractivity contribution is 9.10. The quantitative estimate of drug-likeness (QED) is 0.571. The zero-order valence-corrected chi connectivity index (χ0v) is 16.9. The molecule has 0 fully saturated rings. The predicted molar refractivity (Wildman–Crippen MR) is 107 cm³/mol. The highest BCUT2D eigenvalue weighted by Gasteiger charge is 2.15. The number of aryl methyl sites for hydroxylation is 1. The smallest absolute Gasteiger partial charge is 0.138 e. The van der Waals surface area contributed by atoms with E-state index in [0.717, 1.165) is 22.5 Å². The minimum absolute atomic E-state index is 0.245. The Labute approximate surface area is 153 Å². The molecular formula is C21H26BrNO. The van der Waals surface area contributed by atoms with Gasteiger partial charge in [-0.05, 0) is 70.4 Å². The molecule has 0 aliphatic rings. The van der Waals surface area contributed by atoms with Gasteiger partial charge in [0, 0.05) is 11.3 Å². The van der Waals surface area contributed by atoms with Crippen molar-refractivity contribution in [3.63, 3.8) is 0 Å². The van der Waals surface area contributed by atoms with E-state index in [0.29, 0.717) is 16.3 Å². The van der Waals surface area contributed by atoms with E-state index in [1.54, 1.807) is 0 Å². The molecule has 0 aromatic heterocycles. The largest absolute Gasteiger partial charge is 0.506 e. The Morgan fingerprint density at radius 1 is 1.04 bits per heavy atom. The molecule has 0 aliphatic carbocycles. The van der Waals surface area contributed by atoms with Gasteiger partial charge in [0.2, 0.25) is 0 Å². The first kappa shape index (κ1) is 18.7. The average molecular weight is 388 g/mol. The number of halogens is 1. The SMILES string of the molecule is C/C(=N\c1c(C(C)C)cccc1C(C)C)c1cc(C)cc(Br)c1O. The molecule has 2 nitrogen and oxygen atoms in total. The Bertz CT molecular complexity index is 749. The lowest BCUT2D eigenvalue weighted by Crippen LogP contribution is -2.00. The van der Waals surface area contributed by atoms with Crippen LogP contribution in [-0.4, -0.2) is 10.8 Å². The number of aliphatic imine (C=N–C) groups is 1. The number of phenols is 1. The van der Waals surface area contributed by atoms with Gasteiger partial charge in [-0.2, -0.15) is 0 Å². The maximum atomic E-state index is 10.4. The third-order valence-corrected chi connectivity index (χ3v) is 4.82. The first-order chi connectivity index (χ1) is 11.2. The highest BCUT2D eigenvalue weighted by Crippen LogP contribution is 2.36. The molecule has 2 aromatic carbocycles. The minimum Gasteiger partial charge on any atom is -0.506 e. The second-order valence-corrected chi connectivity index (χ2v) is 7.79. The Morgan fingerprint density at radius 2 is 1.58 bits per heavy atom. The third-order valence-electron chi connectivity index (χ3n) is 4.22. The lowest BCUT2D eigenvalue weighted by Gasteiger charge is -2.17. The lowest BCUT2D eigenvalue weighted by molar-refractivity contribution is 0.470. The van der Waals surface area contributed by atoms with Crippen LogP contribution in [0, 0.1) is 6.92 Å². The summed E-state index contributed by atoms with van der Waals surface area (Å²) in [5.41, 5.74) is 6.21. The normalized spacial score (nSPS) is 12.3. The molecule has 3 heteroatoms. The van der Waals surface area contributed by atoms with Crippen LogP contribution in [0.25, 0.3) is 0 Å². The number of para-hydroxylation sites is 1. The summed E-state index contributed by atoms with van der Waals surface area (Å²) in [5, 5.41) is 10.4. The van der Waals surface area contributed by atoms with Crippen LogP contribution in [0.4, 0.5) is 5.69 Å². The Balaban J connectivity index is 2.67. The molecule has 128 valence electrons. The number of benzene rings is 2. The van der Waals surface area contributed by atoms with Crippen molar-refractivity contribution in [2.75, 3.05) is 0 Å². The van der Waals surface area contributed by atoms with Gasteiger partial charge in [-0.1, -0.05) is 45.9 Å². The number of hydrogen-bond donors (Lipinski definition) is 1. The van der Waals surface area contributed by atoms with Crippen molar-refractivity contribution >= 4 is 27.3 Å². The zero-order chi connectivity index (χ0) is 18.0. The second kappa shape index (κ2) is 7.52. The van der Waals surface area contributed by atoms with Crippen LogP contribution in [-0.2, 0) is 0 Å². The summed E-state index contributed by atoms with van der Waals surface area (Å²) in [6, 6.07) is 10.3. The van der Waals surface area contributed by atoms with Crippen LogP contribution in [0.3, 0.4) is 0 Å². The van der Waals surface area contributed by atoms with E-state index < -0.39 is 0 Å². The van der Waals surface area contributed by atoms with Crippen molar-refractivity contribution in [1.82, 2.24) is 0 Å². The van der Waals surface area contributed by atoms with Crippen LogP contribution in [0.1, 0.15) is 68.7 Å². The first-order valence-electron chi connectivity index (χ1n) is 8.40. The van der Waals surface area contributed by atoms with Crippen LogP contribution >= 0.6 is 15.9 Å². The molecule has 0 saturated carbocycles. The summed E-state index contributed by atoms with van der Waals surface area (Å²) >= 11 is 3.42. The molecule has 0 saturated heterocycles. The number of aromatic hydroxyl groups is 1. The maximum absolute atomic E-state index is 10.4. The molecule has 0 bridgehead atoms. The summed E-state index contributed by atoms with van der Waals surface area (Å²) in [6.45, 7) is 12.7.